The highest BCUT2D eigenvalue weighted by Gasteiger charge is 2.41. The van der Waals surface area contributed by atoms with Crippen molar-refractivity contribution in [2.75, 3.05) is 26.7 Å². The molecule has 29 heavy (non-hydrogen) atoms. The molecule has 2 aliphatic rings. The zero-order chi connectivity index (χ0) is 20.4. The van der Waals surface area contributed by atoms with Crippen LogP contribution in [-0.2, 0) is 11.3 Å². The van der Waals surface area contributed by atoms with Crippen LogP contribution in [0, 0.1) is 5.82 Å². The molecule has 1 saturated heterocycles. The minimum absolute atomic E-state index is 0.150. The summed E-state index contributed by atoms with van der Waals surface area (Å²) >= 11 is 0. The molecule has 152 valence electrons. The van der Waals surface area contributed by atoms with Crippen molar-refractivity contribution < 1.29 is 23.5 Å². The molecule has 0 radical (unpaired) electrons. The summed E-state index contributed by atoms with van der Waals surface area (Å²) in [6.45, 7) is 1.50. The summed E-state index contributed by atoms with van der Waals surface area (Å²) in [7, 11) is 1.50. The SMILES string of the molecule is COCc1ccc(C(=O)N2CCC3(CC2)CNC(=O)c2ccccc2O3)cc1F. The fourth-order valence-electron chi connectivity index (χ4n) is 3.88. The van der Waals surface area contributed by atoms with Gasteiger partial charge >= 0.3 is 0 Å². The number of amides is 2. The van der Waals surface area contributed by atoms with Crippen molar-refractivity contribution in [3.63, 3.8) is 0 Å². The Balaban J connectivity index is 1.46. The molecule has 1 N–H and O–H groups in total. The maximum atomic E-state index is 14.2. The van der Waals surface area contributed by atoms with Gasteiger partial charge in [-0.1, -0.05) is 18.2 Å². The third-order valence-corrected chi connectivity index (χ3v) is 5.59. The molecule has 2 aliphatic heterocycles. The zero-order valence-electron chi connectivity index (χ0n) is 16.2. The van der Waals surface area contributed by atoms with Crippen LogP contribution in [0.25, 0.3) is 0 Å². The van der Waals surface area contributed by atoms with E-state index in [9.17, 15) is 14.0 Å². The number of hydrogen-bond acceptors (Lipinski definition) is 4. The van der Waals surface area contributed by atoms with Crippen LogP contribution in [0.1, 0.15) is 39.1 Å². The summed E-state index contributed by atoms with van der Waals surface area (Å²) in [5, 5.41) is 2.93. The fourth-order valence-corrected chi connectivity index (χ4v) is 3.88. The summed E-state index contributed by atoms with van der Waals surface area (Å²) in [6.07, 6.45) is 1.16. The molecule has 1 spiro atoms. The van der Waals surface area contributed by atoms with E-state index < -0.39 is 11.4 Å². The Kier molecular flexibility index (Phi) is 5.24. The van der Waals surface area contributed by atoms with E-state index in [1.165, 1.54) is 13.2 Å². The van der Waals surface area contributed by atoms with E-state index in [1.54, 1.807) is 35.2 Å². The molecule has 4 rings (SSSR count). The average Bonchev–Trinajstić information content (AvgIpc) is 2.87. The predicted octanol–water partition coefficient (Wildman–Crippen LogP) is 2.77. The van der Waals surface area contributed by atoms with E-state index in [0.29, 0.717) is 54.9 Å². The van der Waals surface area contributed by atoms with Gasteiger partial charge in [-0.05, 0) is 24.3 Å². The molecule has 0 aromatic heterocycles. The molecule has 2 heterocycles. The average molecular weight is 398 g/mol. The first-order chi connectivity index (χ1) is 14.0. The Bertz CT molecular complexity index is 938. The van der Waals surface area contributed by atoms with Gasteiger partial charge in [-0.15, -0.1) is 0 Å². The first-order valence-electron chi connectivity index (χ1n) is 9.64. The number of halogens is 1. The van der Waals surface area contributed by atoms with E-state index in [-0.39, 0.29) is 18.4 Å². The van der Waals surface area contributed by atoms with Gasteiger partial charge in [-0.2, -0.15) is 0 Å². The molecule has 0 unspecified atom stereocenters. The number of carbonyl (C=O) groups excluding carboxylic acids is 2. The molecule has 2 amide bonds. The first-order valence-corrected chi connectivity index (χ1v) is 9.64. The van der Waals surface area contributed by atoms with Crippen molar-refractivity contribution in [3.8, 4) is 5.75 Å². The van der Waals surface area contributed by atoms with Crippen molar-refractivity contribution in [3.05, 3.63) is 65.0 Å². The van der Waals surface area contributed by atoms with Crippen LogP contribution in [0.3, 0.4) is 0 Å². The van der Waals surface area contributed by atoms with Crippen molar-refractivity contribution in [2.45, 2.75) is 25.0 Å². The van der Waals surface area contributed by atoms with Gasteiger partial charge in [0.1, 0.15) is 17.2 Å². The summed E-state index contributed by atoms with van der Waals surface area (Å²) in [5.74, 6) is -0.237. The maximum Gasteiger partial charge on any atom is 0.255 e. The lowest BCUT2D eigenvalue weighted by Gasteiger charge is -2.41. The van der Waals surface area contributed by atoms with Crippen molar-refractivity contribution in [2.24, 2.45) is 0 Å². The van der Waals surface area contributed by atoms with Crippen LogP contribution in [0.4, 0.5) is 4.39 Å². The standard InChI is InChI=1S/C22H23FN2O4/c1-28-13-16-7-6-15(12-18(16)23)21(27)25-10-8-22(9-11-25)14-24-20(26)17-4-2-3-5-19(17)29-22/h2-7,12H,8-11,13-14H2,1H3,(H,24,26). The molecule has 7 heteroatoms. The van der Waals surface area contributed by atoms with Crippen molar-refractivity contribution >= 4 is 11.8 Å². The second-order valence-corrected chi connectivity index (χ2v) is 7.50. The molecule has 2 aromatic carbocycles. The predicted molar refractivity (Wildman–Crippen MR) is 104 cm³/mol. The second kappa shape index (κ2) is 7.83. The van der Waals surface area contributed by atoms with Gasteiger partial charge in [0.25, 0.3) is 11.8 Å². The Morgan fingerprint density at radius 2 is 2.00 bits per heavy atom. The number of rotatable bonds is 3. The smallest absolute Gasteiger partial charge is 0.255 e. The molecule has 1 fully saturated rings. The normalized spacial score (nSPS) is 17.9. The number of ether oxygens (including phenoxy) is 2. The number of methoxy groups -OCH3 is 1. The lowest BCUT2D eigenvalue weighted by atomic mass is 9.90. The van der Waals surface area contributed by atoms with Crippen LogP contribution in [0.15, 0.2) is 42.5 Å². The Morgan fingerprint density at radius 3 is 2.72 bits per heavy atom. The quantitative estimate of drug-likeness (QED) is 0.863. The number of para-hydroxylation sites is 1. The maximum absolute atomic E-state index is 14.2. The van der Waals surface area contributed by atoms with Crippen LogP contribution in [-0.4, -0.2) is 49.1 Å². The topological polar surface area (TPSA) is 67.9 Å². The number of likely N-dealkylation sites (tertiary alicyclic amines) is 1. The molecule has 2 aromatic rings. The van der Waals surface area contributed by atoms with E-state index in [1.807, 2.05) is 6.07 Å². The molecular formula is C22H23FN2O4. The van der Waals surface area contributed by atoms with Crippen LogP contribution < -0.4 is 10.1 Å². The minimum Gasteiger partial charge on any atom is -0.484 e. The van der Waals surface area contributed by atoms with Crippen LogP contribution >= 0.6 is 0 Å². The van der Waals surface area contributed by atoms with Gasteiger partial charge in [0.15, 0.2) is 0 Å². The largest absolute Gasteiger partial charge is 0.484 e. The monoisotopic (exact) mass is 398 g/mol. The van der Waals surface area contributed by atoms with Gasteiger partial charge in [0, 0.05) is 44.2 Å². The lowest BCUT2D eigenvalue weighted by Crippen LogP contribution is -2.54. The summed E-state index contributed by atoms with van der Waals surface area (Å²) < 4.78 is 25.4. The number of benzene rings is 2. The van der Waals surface area contributed by atoms with Crippen LogP contribution in [0.2, 0.25) is 0 Å². The van der Waals surface area contributed by atoms with Gasteiger partial charge < -0.3 is 19.7 Å². The van der Waals surface area contributed by atoms with Gasteiger partial charge in [0.2, 0.25) is 0 Å². The molecule has 0 saturated carbocycles. The summed E-state index contributed by atoms with van der Waals surface area (Å²) in [6, 6.07) is 11.7. The van der Waals surface area contributed by atoms with E-state index in [2.05, 4.69) is 5.32 Å². The molecule has 0 atom stereocenters. The third kappa shape index (κ3) is 3.82. The zero-order valence-corrected chi connectivity index (χ0v) is 16.2. The van der Waals surface area contributed by atoms with Gasteiger partial charge in [-0.25, -0.2) is 4.39 Å². The fraction of sp³-hybridized carbons (Fsp3) is 0.364. The Morgan fingerprint density at radius 1 is 1.24 bits per heavy atom. The Hall–Kier alpha value is -2.93. The number of carbonyl (C=O) groups is 2. The second-order valence-electron chi connectivity index (χ2n) is 7.50. The Labute approximate surface area is 168 Å². The molecule has 0 aliphatic carbocycles. The number of nitrogens with one attached hydrogen (secondary N) is 1. The van der Waals surface area contributed by atoms with Crippen LogP contribution in [0.5, 0.6) is 5.75 Å². The highest BCUT2D eigenvalue weighted by Crippen LogP contribution is 2.33. The molecule has 0 bridgehead atoms. The minimum atomic E-state index is -0.549. The van der Waals surface area contributed by atoms with E-state index in [0.717, 1.165) is 0 Å². The van der Waals surface area contributed by atoms with E-state index >= 15 is 0 Å². The lowest BCUT2D eigenvalue weighted by molar-refractivity contribution is 0.00769. The number of piperidine rings is 1. The number of nitrogens with zero attached hydrogens (tertiary/aromatic N) is 1. The number of fused-ring (bicyclic) bond motifs is 1. The molecule has 6 nitrogen and oxygen atoms in total. The number of hydrogen-bond donors (Lipinski definition) is 1. The highest BCUT2D eigenvalue weighted by molar-refractivity contribution is 5.97. The summed E-state index contributed by atoms with van der Waals surface area (Å²) in [4.78, 5) is 26.8. The third-order valence-electron chi connectivity index (χ3n) is 5.59. The van der Waals surface area contributed by atoms with Crippen molar-refractivity contribution in [1.82, 2.24) is 10.2 Å². The van der Waals surface area contributed by atoms with E-state index in [4.69, 9.17) is 9.47 Å². The first kappa shape index (κ1) is 19.4. The van der Waals surface area contributed by atoms with Gasteiger partial charge in [-0.3, -0.25) is 9.59 Å². The highest BCUT2D eigenvalue weighted by atomic mass is 19.1. The van der Waals surface area contributed by atoms with Crippen molar-refractivity contribution in [1.29, 1.82) is 0 Å². The molecular weight excluding hydrogens is 375 g/mol. The summed E-state index contributed by atoms with van der Waals surface area (Å²) in [5.41, 5.74) is 0.711. The van der Waals surface area contributed by atoms with Gasteiger partial charge in [0.05, 0.1) is 18.7 Å².